The first kappa shape index (κ1) is 40.3. The maximum Gasteiger partial charge on any atom is 0.347 e. The Morgan fingerprint density at radius 2 is 1.92 bits per heavy atom. The van der Waals surface area contributed by atoms with Crippen LogP contribution in [-0.2, 0) is 50.2 Å². The molecule has 1 aliphatic heterocycles. The van der Waals surface area contributed by atoms with E-state index in [1.807, 2.05) is 6.07 Å². The Morgan fingerprint density at radius 1 is 1.15 bits per heavy atom. The molecule has 0 bridgehead atoms. The molecule has 1 aromatic heterocycles. The molecule has 2 heterocycles. The Bertz CT molecular complexity index is 1890. The highest BCUT2D eigenvalue weighted by Gasteiger charge is 2.44. The van der Waals surface area contributed by atoms with Crippen LogP contribution in [0.15, 0.2) is 91.4 Å². The van der Waals surface area contributed by atoms with E-state index in [-0.39, 0.29) is 54.4 Å². The molecule has 0 spiro atoms. The van der Waals surface area contributed by atoms with E-state index < -0.39 is 65.0 Å². The van der Waals surface area contributed by atoms with E-state index in [2.05, 4.69) is 23.2 Å². The molecular formula is C37H35F3N4O8S. The van der Waals surface area contributed by atoms with E-state index in [0.717, 1.165) is 36.9 Å². The van der Waals surface area contributed by atoms with E-state index in [0.29, 0.717) is 6.07 Å². The molecule has 0 aliphatic carbocycles. The molecule has 16 heteroatoms. The van der Waals surface area contributed by atoms with Crippen LogP contribution < -0.4 is 0 Å². The molecule has 12 nitrogen and oxygen atoms in total. The van der Waals surface area contributed by atoms with Crippen molar-refractivity contribution in [1.82, 2.24) is 14.8 Å². The molecule has 1 unspecified atom stereocenters. The van der Waals surface area contributed by atoms with Crippen LogP contribution in [0.2, 0.25) is 0 Å². The summed E-state index contributed by atoms with van der Waals surface area (Å²) in [5.74, 6) is -5.10. The van der Waals surface area contributed by atoms with E-state index in [1.54, 1.807) is 18.2 Å². The van der Waals surface area contributed by atoms with Gasteiger partial charge in [0.2, 0.25) is 0 Å². The van der Waals surface area contributed by atoms with Crippen molar-refractivity contribution >= 4 is 35.7 Å². The van der Waals surface area contributed by atoms with Crippen LogP contribution in [0.25, 0.3) is 6.08 Å². The molecule has 0 radical (unpaired) electrons. The summed E-state index contributed by atoms with van der Waals surface area (Å²) in [5, 5.41) is 12.6. The predicted octanol–water partition coefficient (Wildman–Crippen LogP) is 5.70. The number of nitrogens with zero attached hydrogens (tertiary/aromatic N) is 4. The zero-order valence-electron chi connectivity index (χ0n) is 28.5. The first-order valence-electron chi connectivity index (χ1n) is 16.0. The number of rotatable bonds is 17. The van der Waals surface area contributed by atoms with E-state index in [9.17, 15) is 23.2 Å². The first-order chi connectivity index (χ1) is 25.4. The van der Waals surface area contributed by atoms with E-state index >= 15 is 4.39 Å². The number of carbonyl (C=O) groups is 3. The predicted molar refractivity (Wildman–Crippen MR) is 186 cm³/mol. The van der Waals surface area contributed by atoms with Gasteiger partial charge in [-0.15, -0.1) is 11.8 Å². The Kier molecular flexibility index (Phi) is 14.7. The molecule has 2 aromatic carbocycles. The lowest BCUT2D eigenvalue weighted by Crippen LogP contribution is -2.41. The average Bonchev–Trinajstić information content (AvgIpc) is 3.64. The third-order valence-electron chi connectivity index (χ3n) is 7.47. The van der Waals surface area contributed by atoms with Crippen molar-refractivity contribution in [3.05, 3.63) is 126 Å². The fraction of sp³-hybridized carbons (Fsp3) is 0.297. The Morgan fingerprint density at radius 3 is 2.57 bits per heavy atom. The SMILES string of the molecule is C=CCOC(=O)C(CCC(=O)O[C@](Cn1cncn1)(C(=C)SC1COC(/C=C/C=C/c2ccc(C#N)cc2F)OC1)c1ccc(F)cc1F)OC(C)=O. The second-order valence-corrected chi connectivity index (χ2v) is 12.8. The largest absolute Gasteiger partial charge is 0.459 e. The smallest absolute Gasteiger partial charge is 0.347 e. The summed E-state index contributed by atoms with van der Waals surface area (Å²) in [6, 6.07) is 8.77. The number of thioether (sulfide) groups is 1. The van der Waals surface area contributed by atoms with Gasteiger partial charge in [-0.05, 0) is 30.3 Å². The zero-order valence-corrected chi connectivity index (χ0v) is 29.3. The van der Waals surface area contributed by atoms with Crippen LogP contribution in [0.3, 0.4) is 0 Å². The van der Waals surface area contributed by atoms with Gasteiger partial charge in [0.05, 0.1) is 36.6 Å². The maximum absolute atomic E-state index is 15.7. The molecule has 53 heavy (non-hydrogen) atoms. The van der Waals surface area contributed by atoms with Crippen LogP contribution >= 0.6 is 11.8 Å². The minimum Gasteiger partial charge on any atom is -0.459 e. The lowest BCUT2D eigenvalue weighted by atomic mass is 9.92. The normalized spacial score (nSPS) is 17.4. The lowest BCUT2D eigenvalue weighted by Gasteiger charge is -2.37. The highest BCUT2D eigenvalue weighted by atomic mass is 32.2. The Balaban J connectivity index is 1.52. The molecule has 1 fully saturated rings. The quantitative estimate of drug-likeness (QED) is 0.0720. The van der Waals surface area contributed by atoms with Crippen molar-refractivity contribution < 1.29 is 51.2 Å². The summed E-state index contributed by atoms with van der Waals surface area (Å²) >= 11 is 1.08. The molecule has 0 N–H and O–H groups in total. The number of benzene rings is 2. The fourth-order valence-electron chi connectivity index (χ4n) is 5.00. The van der Waals surface area contributed by atoms with E-state index in [1.165, 1.54) is 41.6 Å². The van der Waals surface area contributed by atoms with Crippen molar-refractivity contribution in [3.8, 4) is 6.07 Å². The molecule has 1 saturated heterocycles. The lowest BCUT2D eigenvalue weighted by molar-refractivity contribution is -0.168. The first-order valence-corrected chi connectivity index (χ1v) is 16.9. The Hall–Kier alpha value is -5.50. The molecule has 278 valence electrons. The van der Waals surface area contributed by atoms with Gasteiger partial charge >= 0.3 is 17.9 Å². The molecule has 4 rings (SSSR count). The second kappa shape index (κ2) is 19.4. The summed E-state index contributed by atoms with van der Waals surface area (Å²) in [6.07, 6.45) is 7.13. The standard InChI is InChI=1S/C37H35F3N4O8S/c1-4-15-48-36(47)33(51-25(3)45)13-14-34(46)52-37(21-44-23-42-22-43-44,30-12-11-28(38)17-32(30)40)24(2)53-29-19-49-35(50-20-29)8-6-5-7-27-10-9-26(18-41)16-31(27)39/h4-12,16-17,22-23,29,33,35H,1-2,13-15,19-21H2,3H3/b7-5+,8-6+/t29?,33?,35?,37-/m1/s1. The van der Waals surface area contributed by atoms with Gasteiger partial charge in [-0.3, -0.25) is 9.59 Å². The molecule has 1 aliphatic rings. The number of halogens is 3. The van der Waals surface area contributed by atoms with Crippen LogP contribution in [0.1, 0.15) is 36.5 Å². The van der Waals surface area contributed by atoms with Crippen molar-refractivity contribution in [2.45, 2.75) is 49.6 Å². The summed E-state index contributed by atoms with van der Waals surface area (Å²) in [5.41, 5.74) is -1.77. The fourth-order valence-corrected chi connectivity index (χ4v) is 6.10. The van der Waals surface area contributed by atoms with Gasteiger partial charge in [-0.1, -0.05) is 43.5 Å². The topological polar surface area (TPSA) is 152 Å². The second-order valence-electron chi connectivity index (χ2n) is 11.4. The average molecular weight is 753 g/mol. The molecular weight excluding hydrogens is 717 g/mol. The summed E-state index contributed by atoms with van der Waals surface area (Å²) < 4.78 is 72.9. The van der Waals surface area contributed by atoms with Crippen molar-refractivity contribution in [1.29, 1.82) is 5.26 Å². The number of hydrogen-bond acceptors (Lipinski definition) is 12. The number of carbonyl (C=O) groups excluding carboxylic acids is 3. The zero-order chi connectivity index (χ0) is 38.4. The number of ether oxygens (including phenoxy) is 5. The molecule has 0 amide bonds. The number of allylic oxidation sites excluding steroid dienone is 2. The van der Waals surface area contributed by atoms with Gasteiger partial charge in [0, 0.05) is 41.9 Å². The van der Waals surface area contributed by atoms with E-state index in [4.69, 9.17) is 28.9 Å². The highest BCUT2D eigenvalue weighted by molar-refractivity contribution is 8.03. The highest BCUT2D eigenvalue weighted by Crippen LogP contribution is 2.44. The van der Waals surface area contributed by atoms with Crippen LogP contribution in [0.4, 0.5) is 13.2 Å². The minimum absolute atomic E-state index is 0.104. The van der Waals surface area contributed by atoms with Crippen LogP contribution in [-0.4, -0.2) is 70.1 Å². The number of hydrogen-bond donors (Lipinski definition) is 0. The Labute approximate surface area is 307 Å². The van der Waals surface area contributed by atoms with Gasteiger partial charge in [0.25, 0.3) is 0 Å². The number of aromatic nitrogens is 3. The summed E-state index contributed by atoms with van der Waals surface area (Å²) in [7, 11) is 0. The minimum atomic E-state index is -2.02. The van der Waals surface area contributed by atoms with Gasteiger partial charge in [-0.25, -0.2) is 27.6 Å². The monoisotopic (exact) mass is 752 g/mol. The summed E-state index contributed by atoms with van der Waals surface area (Å²) in [4.78, 5) is 41.7. The molecule has 0 saturated carbocycles. The third-order valence-corrected chi connectivity index (χ3v) is 8.69. The summed E-state index contributed by atoms with van der Waals surface area (Å²) in [6.45, 7) is 8.42. The van der Waals surface area contributed by atoms with Gasteiger partial charge in [0.15, 0.2) is 18.0 Å². The van der Waals surface area contributed by atoms with Gasteiger partial charge in [-0.2, -0.15) is 10.4 Å². The molecule has 2 atom stereocenters. The third kappa shape index (κ3) is 11.5. The van der Waals surface area contributed by atoms with Crippen molar-refractivity contribution in [2.75, 3.05) is 19.8 Å². The van der Waals surface area contributed by atoms with Crippen molar-refractivity contribution in [2.24, 2.45) is 0 Å². The molecule has 3 aromatic rings. The van der Waals surface area contributed by atoms with Crippen LogP contribution in [0.5, 0.6) is 0 Å². The maximum atomic E-state index is 15.7. The number of esters is 3. The van der Waals surface area contributed by atoms with Gasteiger partial charge < -0.3 is 23.7 Å². The van der Waals surface area contributed by atoms with Crippen LogP contribution in [0, 0.1) is 28.8 Å². The number of nitriles is 1. The van der Waals surface area contributed by atoms with Crippen molar-refractivity contribution in [3.63, 3.8) is 0 Å². The van der Waals surface area contributed by atoms with Gasteiger partial charge in [0.1, 0.15) is 36.7 Å².